The maximum absolute atomic E-state index is 9.39. The highest BCUT2D eigenvalue weighted by molar-refractivity contribution is 9.25. The first-order chi connectivity index (χ1) is 5.26. The van der Waals surface area contributed by atoms with Crippen LogP contribution in [0.25, 0.3) is 0 Å². The first kappa shape index (κ1) is 10.9. The van der Waals surface area contributed by atoms with Crippen LogP contribution < -0.4 is 0 Å². The highest BCUT2D eigenvalue weighted by Crippen LogP contribution is 2.42. The van der Waals surface area contributed by atoms with Gasteiger partial charge in [-0.15, -0.1) is 0 Å². The third kappa shape index (κ3) is 2.00. The van der Waals surface area contributed by atoms with Crippen molar-refractivity contribution in [1.82, 2.24) is 0 Å². The van der Waals surface area contributed by atoms with E-state index >= 15 is 0 Å². The highest BCUT2D eigenvalue weighted by atomic mass is 79.9. The Balaban J connectivity index is 2.78. The van der Waals surface area contributed by atoms with Gasteiger partial charge in [-0.25, -0.2) is 0 Å². The SMILES string of the molecule is CC1(C)OC(O)C(Br)(Br)C(O)O1. The standard InChI is InChI=1S/C6H10Br2O4/c1-5(2)11-3(9)6(7,8)4(10)12-5/h3-4,9-10H,1-2H3. The molecule has 1 aliphatic rings. The number of alkyl halides is 2. The van der Waals surface area contributed by atoms with Crippen molar-refractivity contribution in [2.75, 3.05) is 0 Å². The summed E-state index contributed by atoms with van der Waals surface area (Å²) in [6.07, 6.45) is -2.34. The summed E-state index contributed by atoms with van der Waals surface area (Å²) in [5.41, 5.74) is 0. The van der Waals surface area contributed by atoms with Gasteiger partial charge >= 0.3 is 0 Å². The molecule has 0 aromatic heterocycles. The van der Waals surface area contributed by atoms with Gasteiger partial charge < -0.3 is 19.7 Å². The molecular formula is C6H10Br2O4. The summed E-state index contributed by atoms with van der Waals surface area (Å²) in [5, 5.41) is 18.8. The molecule has 12 heavy (non-hydrogen) atoms. The van der Waals surface area contributed by atoms with Crippen molar-refractivity contribution < 1.29 is 19.7 Å². The molecule has 1 rings (SSSR count). The van der Waals surface area contributed by atoms with Crippen molar-refractivity contribution >= 4 is 31.9 Å². The molecule has 0 radical (unpaired) electrons. The maximum atomic E-state index is 9.39. The summed E-state index contributed by atoms with van der Waals surface area (Å²) in [6.45, 7) is 3.21. The van der Waals surface area contributed by atoms with Gasteiger partial charge in [0.15, 0.2) is 21.6 Å². The van der Waals surface area contributed by atoms with Crippen molar-refractivity contribution in [3.05, 3.63) is 0 Å². The lowest BCUT2D eigenvalue weighted by atomic mass is 10.3. The summed E-state index contributed by atoms with van der Waals surface area (Å²) in [7, 11) is 0. The van der Waals surface area contributed by atoms with Gasteiger partial charge in [-0.3, -0.25) is 0 Å². The maximum Gasteiger partial charge on any atom is 0.188 e. The Bertz CT molecular complexity index is 166. The fourth-order valence-corrected chi connectivity index (χ4v) is 1.22. The second-order valence-corrected chi connectivity index (χ2v) is 6.70. The van der Waals surface area contributed by atoms with Crippen LogP contribution >= 0.6 is 31.9 Å². The monoisotopic (exact) mass is 304 g/mol. The van der Waals surface area contributed by atoms with Crippen molar-refractivity contribution in [1.29, 1.82) is 0 Å². The van der Waals surface area contributed by atoms with E-state index in [1.54, 1.807) is 13.8 Å². The zero-order chi connectivity index (χ0) is 9.57. The Morgan fingerprint density at radius 2 is 1.42 bits per heavy atom. The predicted octanol–water partition coefficient (Wildman–Crippen LogP) is 0.892. The van der Waals surface area contributed by atoms with Crippen LogP contribution in [0.2, 0.25) is 0 Å². The van der Waals surface area contributed by atoms with E-state index in [2.05, 4.69) is 31.9 Å². The summed E-state index contributed by atoms with van der Waals surface area (Å²) < 4.78 is 8.92. The molecule has 0 aromatic carbocycles. The van der Waals surface area contributed by atoms with E-state index in [0.29, 0.717) is 0 Å². The molecule has 1 heterocycles. The molecule has 0 amide bonds. The summed E-state index contributed by atoms with van der Waals surface area (Å²) in [6, 6.07) is 0. The number of ether oxygens (including phenoxy) is 2. The smallest absolute Gasteiger partial charge is 0.188 e. The lowest BCUT2D eigenvalue weighted by molar-refractivity contribution is -0.374. The van der Waals surface area contributed by atoms with Crippen LogP contribution in [0.15, 0.2) is 0 Å². The third-order valence-corrected chi connectivity index (χ3v) is 3.02. The van der Waals surface area contributed by atoms with Crippen LogP contribution in [0.1, 0.15) is 13.8 Å². The fourth-order valence-electron chi connectivity index (χ4n) is 0.845. The second kappa shape index (κ2) is 3.18. The molecule has 0 saturated carbocycles. The van der Waals surface area contributed by atoms with E-state index in [4.69, 9.17) is 9.47 Å². The Labute approximate surface area is 87.1 Å². The van der Waals surface area contributed by atoms with Crippen LogP contribution in [0.3, 0.4) is 0 Å². The number of hydrogen-bond donors (Lipinski definition) is 2. The molecule has 1 aliphatic heterocycles. The Morgan fingerprint density at radius 3 is 1.75 bits per heavy atom. The average molecular weight is 306 g/mol. The van der Waals surface area contributed by atoms with Gasteiger partial charge in [-0.1, -0.05) is 31.9 Å². The Hall–Kier alpha value is 0.800. The highest BCUT2D eigenvalue weighted by Gasteiger charge is 2.51. The molecule has 0 aliphatic carbocycles. The lowest BCUT2D eigenvalue weighted by Gasteiger charge is -2.43. The molecule has 1 saturated heterocycles. The molecule has 72 valence electrons. The summed E-state index contributed by atoms with van der Waals surface area (Å²) in [5.74, 6) is -0.982. The van der Waals surface area contributed by atoms with Crippen LogP contribution in [0.5, 0.6) is 0 Å². The first-order valence-electron chi connectivity index (χ1n) is 3.35. The fraction of sp³-hybridized carbons (Fsp3) is 1.00. The molecule has 0 spiro atoms. The van der Waals surface area contributed by atoms with Crippen LogP contribution in [-0.2, 0) is 9.47 Å². The molecule has 2 unspecified atom stereocenters. The molecule has 2 N–H and O–H groups in total. The Kier molecular flexibility index (Phi) is 2.88. The van der Waals surface area contributed by atoms with E-state index in [9.17, 15) is 10.2 Å². The van der Waals surface area contributed by atoms with E-state index in [0.717, 1.165) is 0 Å². The molecule has 1 fully saturated rings. The van der Waals surface area contributed by atoms with Crippen molar-refractivity contribution in [3.8, 4) is 0 Å². The van der Waals surface area contributed by atoms with Gasteiger partial charge in [-0.2, -0.15) is 0 Å². The van der Waals surface area contributed by atoms with Crippen molar-refractivity contribution in [2.45, 2.75) is 35.4 Å². The quantitative estimate of drug-likeness (QED) is 0.653. The topological polar surface area (TPSA) is 58.9 Å². The molecule has 0 bridgehead atoms. The molecule has 4 nitrogen and oxygen atoms in total. The minimum atomic E-state index is -1.17. The van der Waals surface area contributed by atoms with Gasteiger partial charge in [0, 0.05) is 0 Å². The lowest BCUT2D eigenvalue weighted by Crippen LogP contribution is -2.56. The Morgan fingerprint density at radius 1 is 1.08 bits per heavy atom. The van der Waals surface area contributed by atoms with Gasteiger partial charge in [0.25, 0.3) is 0 Å². The third-order valence-electron chi connectivity index (χ3n) is 1.45. The van der Waals surface area contributed by atoms with E-state index in [-0.39, 0.29) is 0 Å². The predicted molar refractivity (Wildman–Crippen MR) is 48.8 cm³/mol. The van der Waals surface area contributed by atoms with Crippen LogP contribution in [0.4, 0.5) is 0 Å². The van der Waals surface area contributed by atoms with Crippen LogP contribution in [0, 0.1) is 0 Å². The van der Waals surface area contributed by atoms with Gasteiger partial charge in [0.2, 0.25) is 0 Å². The molecule has 0 aromatic rings. The summed E-state index contributed by atoms with van der Waals surface area (Å²) >= 11 is 6.08. The van der Waals surface area contributed by atoms with Gasteiger partial charge in [-0.05, 0) is 13.8 Å². The largest absolute Gasteiger partial charge is 0.366 e. The summed E-state index contributed by atoms with van der Waals surface area (Å²) in [4.78, 5) is 0. The van der Waals surface area contributed by atoms with E-state index < -0.39 is 21.6 Å². The van der Waals surface area contributed by atoms with E-state index in [1.165, 1.54) is 0 Å². The zero-order valence-electron chi connectivity index (χ0n) is 6.62. The van der Waals surface area contributed by atoms with Gasteiger partial charge in [0.1, 0.15) is 0 Å². The van der Waals surface area contributed by atoms with E-state index in [1.807, 2.05) is 0 Å². The van der Waals surface area contributed by atoms with Crippen molar-refractivity contribution in [3.63, 3.8) is 0 Å². The second-order valence-electron chi connectivity index (χ2n) is 3.01. The minimum Gasteiger partial charge on any atom is -0.366 e. The molecule has 6 heteroatoms. The van der Waals surface area contributed by atoms with Crippen molar-refractivity contribution in [2.24, 2.45) is 0 Å². The normalized spacial score (nSPS) is 39.5. The zero-order valence-corrected chi connectivity index (χ0v) is 9.79. The number of aliphatic hydroxyl groups is 2. The number of halogens is 2. The average Bonchev–Trinajstić information content (AvgIpc) is 1.82. The first-order valence-corrected chi connectivity index (χ1v) is 4.94. The molecule has 2 atom stereocenters. The van der Waals surface area contributed by atoms with Crippen LogP contribution in [-0.4, -0.2) is 31.8 Å². The van der Waals surface area contributed by atoms with Gasteiger partial charge in [0.05, 0.1) is 0 Å². The molecular weight excluding hydrogens is 296 g/mol. The number of hydrogen-bond acceptors (Lipinski definition) is 4. The minimum absolute atomic E-state index is 0.982. The number of rotatable bonds is 0. The number of aliphatic hydroxyl groups excluding tert-OH is 2.